The van der Waals surface area contributed by atoms with E-state index >= 15 is 0 Å². The molecule has 0 amide bonds. The van der Waals surface area contributed by atoms with Gasteiger partial charge >= 0.3 is 0 Å². The second-order valence-corrected chi connectivity index (χ2v) is 5.44. The molecule has 0 aliphatic carbocycles. The van der Waals surface area contributed by atoms with Crippen LogP contribution in [0.15, 0.2) is 21.1 Å². The SMILES string of the molecule is CNCCCNCc1cc(Br)c(OC)c(Br)c1. The lowest BCUT2D eigenvalue weighted by Crippen LogP contribution is -2.19. The third-order valence-electron chi connectivity index (χ3n) is 2.37. The van der Waals surface area contributed by atoms with E-state index in [2.05, 4.69) is 54.6 Å². The van der Waals surface area contributed by atoms with Crippen LogP contribution in [0.25, 0.3) is 0 Å². The highest BCUT2D eigenvalue weighted by Gasteiger charge is 2.07. The lowest BCUT2D eigenvalue weighted by atomic mass is 10.2. The number of nitrogens with one attached hydrogen (secondary N) is 2. The van der Waals surface area contributed by atoms with Crippen molar-refractivity contribution in [3.63, 3.8) is 0 Å². The summed E-state index contributed by atoms with van der Waals surface area (Å²) in [6.45, 7) is 2.93. The molecule has 5 heteroatoms. The first kappa shape index (κ1) is 15.0. The van der Waals surface area contributed by atoms with Gasteiger partial charge in [-0.15, -0.1) is 0 Å². The molecular weight excluding hydrogens is 348 g/mol. The first-order chi connectivity index (χ1) is 8.19. The summed E-state index contributed by atoms with van der Waals surface area (Å²) < 4.78 is 7.21. The van der Waals surface area contributed by atoms with Gasteiger partial charge in [-0.2, -0.15) is 0 Å². The van der Waals surface area contributed by atoms with Crippen LogP contribution in [0.2, 0.25) is 0 Å². The van der Waals surface area contributed by atoms with Crippen molar-refractivity contribution in [2.24, 2.45) is 0 Å². The summed E-state index contributed by atoms with van der Waals surface area (Å²) in [5, 5.41) is 6.53. The first-order valence-corrected chi connectivity index (χ1v) is 7.15. The van der Waals surface area contributed by atoms with E-state index in [1.807, 2.05) is 7.05 Å². The van der Waals surface area contributed by atoms with Crippen molar-refractivity contribution >= 4 is 31.9 Å². The zero-order chi connectivity index (χ0) is 12.7. The quantitative estimate of drug-likeness (QED) is 0.729. The third kappa shape index (κ3) is 4.95. The van der Waals surface area contributed by atoms with Crippen LogP contribution in [0, 0.1) is 0 Å². The fraction of sp³-hybridized carbons (Fsp3) is 0.500. The third-order valence-corrected chi connectivity index (χ3v) is 3.55. The summed E-state index contributed by atoms with van der Waals surface area (Å²) >= 11 is 7.00. The Labute approximate surface area is 120 Å². The molecular formula is C12H18Br2N2O. The van der Waals surface area contributed by atoms with E-state index in [1.165, 1.54) is 5.56 Å². The van der Waals surface area contributed by atoms with Crippen molar-refractivity contribution in [1.29, 1.82) is 0 Å². The molecule has 0 aliphatic rings. The van der Waals surface area contributed by atoms with Gasteiger partial charge in [0.1, 0.15) is 5.75 Å². The van der Waals surface area contributed by atoms with Gasteiger partial charge in [-0.05, 0) is 76.1 Å². The molecule has 96 valence electrons. The van der Waals surface area contributed by atoms with Crippen molar-refractivity contribution in [3.8, 4) is 5.75 Å². The predicted molar refractivity (Wildman–Crippen MR) is 78.6 cm³/mol. The van der Waals surface area contributed by atoms with E-state index in [0.717, 1.165) is 40.8 Å². The average Bonchev–Trinajstić information content (AvgIpc) is 2.28. The van der Waals surface area contributed by atoms with Crippen molar-refractivity contribution in [2.75, 3.05) is 27.2 Å². The zero-order valence-corrected chi connectivity index (χ0v) is 13.3. The molecule has 3 nitrogen and oxygen atoms in total. The number of hydrogen-bond donors (Lipinski definition) is 2. The summed E-state index contributed by atoms with van der Waals surface area (Å²) in [5.74, 6) is 0.837. The number of ether oxygens (including phenoxy) is 1. The standard InChI is InChI=1S/C12H18Br2N2O/c1-15-4-3-5-16-8-9-6-10(13)12(17-2)11(14)7-9/h6-7,15-16H,3-5,8H2,1-2H3. The molecule has 1 rings (SSSR count). The largest absolute Gasteiger partial charge is 0.494 e. The molecule has 0 fully saturated rings. The summed E-state index contributed by atoms with van der Waals surface area (Å²) in [6, 6.07) is 4.16. The van der Waals surface area contributed by atoms with Crippen LogP contribution in [-0.2, 0) is 6.54 Å². The lowest BCUT2D eigenvalue weighted by Gasteiger charge is -2.10. The van der Waals surface area contributed by atoms with E-state index < -0.39 is 0 Å². The molecule has 0 aromatic heterocycles. The Hall–Kier alpha value is -0.100. The number of halogens is 2. The Morgan fingerprint density at radius 1 is 1.18 bits per heavy atom. The zero-order valence-electron chi connectivity index (χ0n) is 10.1. The highest BCUT2D eigenvalue weighted by Crippen LogP contribution is 2.34. The van der Waals surface area contributed by atoms with Gasteiger partial charge in [-0.1, -0.05) is 0 Å². The number of rotatable bonds is 7. The Morgan fingerprint density at radius 2 is 1.82 bits per heavy atom. The van der Waals surface area contributed by atoms with Crippen LogP contribution >= 0.6 is 31.9 Å². The summed E-state index contributed by atoms with van der Waals surface area (Å²) in [7, 11) is 3.64. The highest BCUT2D eigenvalue weighted by atomic mass is 79.9. The molecule has 0 atom stereocenters. The van der Waals surface area contributed by atoms with Crippen LogP contribution in [0.4, 0.5) is 0 Å². The molecule has 17 heavy (non-hydrogen) atoms. The average molecular weight is 366 g/mol. The monoisotopic (exact) mass is 364 g/mol. The van der Waals surface area contributed by atoms with Crippen LogP contribution in [-0.4, -0.2) is 27.2 Å². The fourth-order valence-electron chi connectivity index (χ4n) is 1.53. The van der Waals surface area contributed by atoms with Crippen molar-refractivity contribution in [2.45, 2.75) is 13.0 Å². The maximum atomic E-state index is 5.27. The van der Waals surface area contributed by atoms with Gasteiger partial charge in [-0.3, -0.25) is 0 Å². The van der Waals surface area contributed by atoms with E-state index in [0.29, 0.717) is 0 Å². The minimum absolute atomic E-state index is 0.837. The molecule has 1 aromatic carbocycles. The topological polar surface area (TPSA) is 33.3 Å². The van der Waals surface area contributed by atoms with E-state index in [9.17, 15) is 0 Å². The van der Waals surface area contributed by atoms with Gasteiger partial charge in [0.15, 0.2) is 0 Å². The van der Waals surface area contributed by atoms with Crippen molar-refractivity contribution in [3.05, 3.63) is 26.6 Å². The molecule has 0 spiro atoms. The predicted octanol–water partition coefficient (Wildman–Crippen LogP) is 2.92. The smallest absolute Gasteiger partial charge is 0.147 e. The fourth-order valence-corrected chi connectivity index (χ4v) is 3.14. The molecule has 0 heterocycles. The van der Waals surface area contributed by atoms with E-state index in [4.69, 9.17) is 4.74 Å². The molecule has 0 radical (unpaired) electrons. The highest BCUT2D eigenvalue weighted by molar-refractivity contribution is 9.11. The Balaban J connectivity index is 2.49. The minimum atomic E-state index is 0.837. The van der Waals surface area contributed by atoms with Crippen LogP contribution in [0.5, 0.6) is 5.75 Å². The number of benzene rings is 1. The normalized spacial score (nSPS) is 10.6. The van der Waals surface area contributed by atoms with Crippen LogP contribution in [0.1, 0.15) is 12.0 Å². The maximum absolute atomic E-state index is 5.27. The van der Waals surface area contributed by atoms with Crippen molar-refractivity contribution in [1.82, 2.24) is 10.6 Å². The van der Waals surface area contributed by atoms with Crippen LogP contribution < -0.4 is 15.4 Å². The van der Waals surface area contributed by atoms with Gasteiger partial charge in [0.25, 0.3) is 0 Å². The minimum Gasteiger partial charge on any atom is -0.494 e. The van der Waals surface area contributed by atoms with Crippen molar-refractivity contribution < 1.29 is 4.74 Å². The summed E-state index contributed by atoms with van der Waals surface area (Å²) in [4.78, 5) is 0. The molecule has 0 aliphatic heterocycles. The van der Waals surface area contributed by atoms with Gasteiger partial charge in [0.2, 0.25) is 0 Å². The Bertz CT molecular complexity index is 335. The molecule has 0 saturated carbocycles. The Kier molecular flexibility index (Phi) is 7.11. The summed E-state index contributed by atoms with van der Waals surface area (Å²) in [6.07, 6.45) is 1.13. The van der Waals surface area contributed by atoms with Gasteiger partial charge in [0.05, 0.1) is 16.1 Å². The van der Waals surface area contributed by atoms with E-state index in [1.54, 1.807) is 7.11 Å². The molecule has 0 bridgehead atoms. The van der Waals surface area contributed by atoms with Crippen LogP contribution in [0.3, 0.4) is 0 Å². The Morgan fingerprint density at radius 3 is 2.35 bits per heavy atom. The molecule has 2 N–H and O–H groups in total. The van der Waals surface area contributed by atoms with E-state index in [-0.39, 0.29) is 0 Å². The second kappa shape index (κ2) is 8.08. The van der Waals surface area contributed by atoms with Gasteiger partial charge in [0, 0.05) is 6.54 Å². The van der Waals surface area contributed by atoms with Gasteiger partial charge < -0.3 is 15.4 Å². The first-order valence-electron chi connectivity index (χ1n) is 5.56. The molecule has 0 saturated heterocycles. The number of hydrogen-bond acceptors (Lipinski definition) is 3. The molecule has 0 unspecified atom stereocenters. The summed E-state index contributed by atoms with van der Waals surface area (Å²) in [5.41, 5.74) is 1.23. The second-order valence-electron chi connectivity index (χ2n) is 3.73. The maximum Gasteiger partial charge on any atom is 0.147 e. The lowest BCUT2D eigenvalue weighted by molar-refractivity contribution is 0.409. The number of methoxy groups -OCH3 is 1. The van der Waals surface area contributed by atoms with Gasteiger partial charge in [-0.25, -0.2) is 0 Å². The molecule has 1 aromatic rings.